The van der Waals surface area contributed by atoms with E-state index in [1.165, 1.54) is 0 Å². The predicted octanol–water partition coefficient (Wildman–Crippen LogP) is 1.52. The number of nitrogens with zero attached hydrogens (tertiary/aromatic N) is 1. The molecule has 0 radical (unpaired) electrons. The molecule has 0 spiro atoms. The average molecular weight is 250 g/mol. The molecule has 1 aromatic rings. The molecule has 0 heterocycles. The molecule has 0 bridgehead atoms. The first kappa shape index (κ1) is 14.5. The quantitative estimate of drug-likeness (QED) is 0.832. The Morgan fingerprint density at radius 1 is 1.39 bits per heavy atom. The predicted molar refractivity (Wildman–Crippen MR) is 72.3 cm³/mol. The van der Waals surface area contributed by atoms with Crippen molar-refractivity contribution in [1.82, 2.24) is 4.90 Å². The van der Waals surface area contributed by atoms with Gasteiger partial charge in [0.2, 0.25) is 5.91 Å². The molecule has 0 fully saturated rings. The van der Waals surface area contributed by atoms with Crippen LogP contribution < -0.4 is 5.73 Å². The van der Waals surface area contributed by atoms with Crippen molar-refractivity contribution in [2.24, 2.45) is 5.73 Å². The van der Waals surface area contributed by atoms with Crippen LogP contribution in [0, 0.1) is 0 Å². The van der Waals surface area contributed by atoms with Crippen LogP contribution in [-0.4, -0.2) is 35.0 Å². The zero-order valence-electron chi connectivity index (χ0n) is 11.3. The first-order valence-corrected chi connectivity index (χ1v) is 6.25. The standard InChI is InChI=1S/C14H22N2O2/c1-4-10(2)16(3)14(18)13(15)9-11-5-7-12(17)8-6-11/h5-8,10,13,17H,4,9,15H2,1-3H3/t10?,13-/m1/s1. The summed E-state index contributed by atoms with van der Waals surface area (Å²) in [5.41, 5.74) is 6.88. The second-order valence-corrected chi connectivity index (χ2v) is 4.68. The van der Waals surface area contributed by atoms with Gasteiger partial charge in [-0.1, -0.05) is 19.1 Å². The minimum atomic E-state index is -0.534. The molecule has 4 nitrogen and oxygen atoms in total. The van der Waals surface area contributed by atoms with Crippen LogP contribution in [0.4, 0.5) is 0 Å². The first-order valence-electron chi connectivity index (χ1n) is 6.25. The van der Waals surface area contributed by atoms with Crippen LogP contribution in [0.1, 0.15) is 25.8 Å². The second-order valence-electron chi connectivity index (χ2n) is 4.68. The summed E-state index contributed by atoms with van der Waals surface area (Å²) < 4.78 is 0. The summed E-state index contributed by atoms with van der Waals surface area (Å²) in [6, 6.07) is 6.43. The number of aromatic hydroxyl groups is 1. The zero-order chi connectivity index (χ0) is 13.7. The van der Waals surface area contributed by atoms with Crippen molar-refractivity contribution >= 4 is 5.91 Å². The van der Waals surface area contributed by atoms with Crippen molar-refractivity contribution in [3.8, 4) is 5.75 Å². The van der Waals surface area contributed by atoms with Crippen LogP contribution in [-0.2, 0) is 11.2 Å². The Morgan fingerprint density at radius 3 is 2.44 bits per heavy atom. The number of phenolic OH excluding ortho intramolecular Hbond substituents is 1. The Labute approximate surface area is 108 Å². The number of carbonyl (C=O) groups excluding carboxylic acids is 1. The van der Waals surface area contributed by atoms with E-state index in [0.29, 0.717) is 6.42 Å². The number of nitrogens with two attached hydrogens (primary N) is 1. The smallest absolute Gasteiger partial charge is 0.239 e. The SMILES string of the molecule is CCC(C)N(C)C(=O)[C@H](N)Cc1ccc(O)cc1. The monoisotopic (exact) mass is 250 g/mol. The van der Waals surface area contributed by atoms with Gasteiger partial charge in [-0.25, -0.2) is 0 Å². The number of carbonyl (C=O) groups is 1. The Bertz CT molecular complexity index is 389. The summed E-state index contributed by atoms with van der Waals surface area (Å²) in [4.78, 5) is 13.8. The van der Waals surface area contributed by atoms with E-state index >= 15 is 0 Å². The molecule has 1 unspecified atom stereocenters. The summed E-state index contributed by atoms with van der Waals surface area (Å²) in [7, 11) is 1.78. The minimum absolute atomic E-state index is 0.0441. The number of rotatable bonds is 5. The molecule has 100 valence electrons. The maximum atomic E-state index is 12.1. The summed E-state index contributed by atoms with van der Waals surface area (Å²) in [6.45, 7) is 4.05. The van der Waals surface area contributed by atoms with Crippen molar-refractivity contribution in [1.29, 1.82) is 0 Å². The fraction of sp³-hybridized carbons (Fsp3) is 0.500. The molecular weight excluding hydrogens is 228 g/mol. The van der Waals surface area contributed by atoms with Gasteiger partial charge in [0.05, 0.1) is 6.04 Å². The average Bonchev–Trinajstić information content (AvgIpc) is 2.38. The molecule has 18 heavy (non-hydrogen) atoms. The van der Waals surface area contributed by atoms with E-state index in [9.17, 15) is 9.90 Å². The molecule has 1 rings (SSSR count). The summed E-state index contributed by atoms with van der Waals surface area (Å²) in [5, 5.41) is 9.19. The Hall–Kier alpha value is -1.55. The highest BCUT2D eigenvalue weighted by Crippen LogP contribution is 2.12. The largest absolute Gasteiger partial charge is 0.508 e. The van der Waals surface area contributed by atoms with Crippen molar-refractivity contribution in [2.45, 2.75) is 38.8 Å². The third-order valence-corrected chi connectivity index (χ3v) is 3.31. The Balaban J connectivity index is 2.62. The molecular formula is C14H22N2O2. The van der Waals surface area contributed by atoms with E-state index in [4.69, 9.17) is 5.73 Å². The summed E-state index contributed by atoms with van der Waals surface area (Å²) in [6.07, 6.45) is 1.40. The number of likely N-dealkylation sites (N-methyl/N-ethyl adjacent to an activating group) is 1. The van der Waals surface area contributed by atoms with Gasteiger partial charge in [0.15, 0.2) is 0 Å². The molecule has 2 atom stereocenters. The molecule has 0 saturated carbocycles. The molecule has 3 N–H and O–H groups in total. The lowest BCUT2D eigenvalue weighted by atomic mass is 10.0. The Morgan fingerprint density at radius 2 is 1.94 bits per heavy atom. The van der Waals surface area contributed by atoms with E-state index in [1.54, 1.807) is 36.2 Å². The lowest BCUT2D eigenvalue weighted by Gasteiger charge is -2.26. The van der Waals surface area contributed by atoms with E-state index in [-0.39, 0.29) is 17.7 Å². The normalized spacial score (nSPS) is 14.0. The number of hydrogen-bond donors (Lipinski definition) is 2. The molecule has 0 aliphatic heterocycles. The molecule has 0 aliphatic rings. The van der Waals surface area contributed by atoms with Gasteiger partial charge in [-0.3, -0.25) is 4.79 Å². The van der Waals surface area contributed by atoms with Gasteiger partial charge in [0, 0.05) is 13.1 Å². The van der Waals surface area contributed by atoms with Crippen LogP contribution in [0.2, 0.25) is 0 Å². The van der Waals surface area contributed by atoms with Crippen LogP contribution >= 0.6 is 0 Å². The minimum Gasteiger partial charge on any atom is -0.508 e. The maximum Gasteiger partial charge on any atom is 0.239 e. The van der Waals surface area contributed by atoms with Gasteiger partial charge in [0.25, 0.3) is 0 Å². The van der Waals surface area contributed by atoms with E-state index in [1.807, 2.05) is 13.8 Å². The van der Waals surface area contributed by atoms with Gasteiger partial charge >= 0.3 is 0 Å². The lowest BCUT2D eigenvalue weighted by molar-refractivity contribution is -0.133. The first-order chi connectivity index (χ1) is 8.45. The maximum absolute atomic E-state index is 12.1. The number of benzene rings is 1. The van der Waals surface area contributed by atoms with Crippen LogP contribution in [0.25, 0.3) is 0 Å². The molecule has 1 aromatic carbocycles. The van der Waals surface area contributed by atoms with E-state index < -0.39 is 6.04 Å². The molecule has 0 aromatic heterocycles. The highest BCUT2D eigenvalue weighted by Gasteiger charge is 2.21. The van der Waals surface area contributed by atoms with Gasteiger partial charge in [-0.2, -0.15) is 0 Å². The second kappa shape index (κ2) is 6.40. The fourth-order valence-electron chi connectivity index (χ4n) is 1.73. The highest BCUT2D eigenvalue weighted by atomic mass is 16.3. The fourth-order valence-corrected chi connectivity index (χ4v) is 1.73. The van der Waals surface area contributed by atoms with Crippen molar-refractivity contribution in [3.05, 3.63) is 29.8 Å². The van der Waals surface area contributed by atoms with Crippen molar-refractivity contribution in [3.63, 3.8) is 0 Å². The van der Waals surface area contributed by atoms with Crippen LogP contribution in [0.3, 0.4) is 0 Å². The van der Waals surface area contributed by atoms with Gasteiger partial charge < -0.3 is 15.7 Å². The molecule has 4 heteroatoms. The van der Waals surface area contributed by atoms with Gasteiger partial charge in [-0.15, -0.1) is 0 Å². The van der Waals surface area contributed by atoms with Gasteiger partial charge in [-0.05, 0) is 37.5 Å². The molecule has 0 saturated heterocycles. The topological polar surface area (TPSA) is 66.6 Å². The summed E-state index contributed by atoms with van der Waals surface area (Å²) >= 11 is 0. The van der Waals surface area contributed by atoms with Gasteiger partial charge in [0.1, 0.15) is 5.75 Å². The molecule has 0 aliphatic carbocycles. The number of phenols is 1. The summed E-state index contributed by atoms with van der Waals surface area (Å²) in [5.74, 6) is 0.174. The van der Waals surface area contributed by atoms with E-state index in [2.05, 4.69) is 0 Å². The highest BCUT2D eigenvalue weighted by molar-refractivity contribution is 5.82. The third-order valence-electron chi connectivity index (χ3n) is 3.31. The Kier molecular flexibility index (Phi) is 5.16. The van der Waals surface area contributed by atoms with E-state index in [0.717, 1.165) is 12.0 Å². The molecule has 1 amide bonds. The van der Waals surface area contributed by atoms with Crippen molar-refractivity contribution in [2.75, 3.05) is 7.05 Å². The number of amides is 1. The number of hydrogen-bond acceptors (Lipinski definition) is 3. The lowest BCUT2D eigenvalue weighted by Crippen LogP contribution is -2.46. The third kappa shape index (κ3) is 3.74. The zero-order valence-corrected chi connectivity index (χ0v) is 11.3. The van der Waals surface area contributed by atoms with Crippen molar-refractivity contribution < 1.29 is 9.90 Å². The van der Waals surface area contributed by atoms with Crippen LogP contribution in [0.5, 0.6) is 5.75 Å². The van der Waals surface area contributed by atoms with Crippen LogP contribution in [0.15, 0.2) is 24.3 Å².